The van der Waals surface area contributed by atoms with Crippen LogP contribution in [0.4, 0.5) is 17.6 Å². The van der Waals surface area contributed by atoms with E-state index in [9.17, 15) is 9.59 Å². The van der Waals surface area contributed by atoms with Gasteiger partial charge in [0.15, 0.2) is 0 Å². The van der Waals surface area contributed by atoms with Gasteiger partial charge >= 0.3 is 0 Å². The van der Waals surface area contributed by atoms with Crippen LogP contribution < -0.4 is 15.5 Å². The summed E-state index contributed by atoms with van der Waals surface area (Å²) in [5.41, 5.74) is 6.79. The van der Waals surface area contributed by atoms with Crippen molar-refractivity contribution >= 4 is 29.4 Å². The molecule has 0 aliphatic carbocycles. The van der Waals surface area contributed by atoms with Crippen molar-refractivity contribution in [2.75, 3.05) is 28.6 Å². The van der Waals surface area contributed by atoms with Gasteiger partial charge in [0.1, 0.15) is 11.6 Å². The first-order valence-corrected chi connectivity index (χ1v) is 10.0. The number of aromatic nitrogens is 2. The molecule has 1 aliphatic rings. The summed E-state index contributed by atoms with van der Waals surface area (Å²) in [6, 6.07) is 18.9. The van der Waals surface area contributed by atoms with Crippen molar-refractivity contribution in [1.82, 2.24) is 9.97 Å². The molecule has 0 bridgehead atoms. The van der Waals surface area contributed by atoms with Gasteiger partial charge in [0.05, 0.1) is 0 Å². The highest BCUT2D eigenvalue weighted by atomic mass is 16.2. The monoisotopic (exact) mass is 401 g/mol. The van der Waals surface area contributed by atoms with Gasteiger partial charge in [-0.1, -0.05) is 36.4 Å². The number of anilines is 3. The van der Waals surface area contributed by atoms with E-state index >= 15 is 0 Å². The molecule has 0 radical (unpaired) electrons. The number of nitrogen functional groups attached to an aromatic ring is 1. The molecule has 0 spiro atoms. The standard InChI is InChI=1S/C23H23N5O2/c24-19-16-20(27-14-8-3-9-15-27)26-23(25-19)28(21(29)17-10-4-1-5-11-17)22(30)18-12-6-2-7-13-18/h1-2,4-7,10-13,16H,3,8-9,14-15H2,(H2,24,25,26). The van der Waals surface area contributed by atoms with Crippen molar-refractivity contribution in [3.8, 4) is 0 Å². The number of carbonyl (C=O) groups excluding carboxylic acids is 2. The summed E-state index contributed by atoms with van der Waals surface area (Å²) in [4.78, 5) is 38.6. The number of amides is 2. The van der Waals surface area contributed by atoms with Crippen LogP contribution in [0.15, 0.2) is 66.7 Å². The molecule has 2 aromatic carbocycles. The average Bonchev–Trinajstić information content (AvgIpc) is 2.80. The first-order valence-electron chi connectivity index (χ1n) is 10.0. The lowest BCUT2D eigenvalue weighted by molar-refractivity contribution is 0.0895. The zero-order valence-corrected chi connectivity index (χ0v) is 16.6. The minimum absolute atomic E-state index is 0.0155. The van der Waals surface area contributed by atoms with Crippen LogP contribution in [0.1, 0.15) is 40.0 Å². The van der Waals surface area contributed by atoms with Crippen LogP contribution in [0.5, 0.6) is 0 Å². The summed E-state index contributed by atoms with van der Waals surface area (Å²) in [5.74, 6) is -0.172. The van der Waals surface area contributed by atoms with E-state index in [4.69, 9.17) is 5.73 Å². The second kappa shape index (κ2) is 8.73. The maximum atomic E-state index is 13.3. The first kappa shape index (κ1) is 19.6. The van der Waals surface area contributed by atoms with E-state index < -0.39 is 11.8 Å². The number of nitrogens with zero attached hydrogens (tertiary/aromatic N) is 4. The maximum absolute atomic E-state index is 13.3. The number of benzene rings is 2. The molecule has 30 heavy (non-hydrogen) atoms. The number of hydrogen-bond acceptors (Lipinski definition) is 6. The third kappa shape index (κ3) is 4.15. The second-order valence-electron chi connectivity index (χ2n) is 7.18. The molecule has 1 fully saturated rings. The van der Waals surface area contributed by atoms with Crippen molar-refractivity contribution in [1.29, 1.82) is 0 Å². The Bertz CT molecular complexity index is 982. The van der Waals surface area contributed by atoms with E-state index in [1.807, 2.05) is 12.1 Å². The van der Waals surface area contributed by atoms with Crippen molar-refractivity contribution in [3.63, 3.8) is 0 Å². The van der Waals surface area contributed by atoms with Gasteiger partial charge in [-0.2, -0.15) is 9.97 Å². The first-order chi connectivity index (χ1) is 14.6. The zero-order chi connectivity index (χ0) is 20.9. The number of nitrogens with two attached hydrogens (primary N) is 1. The summed E-state index contributed by atoms with van der Waals surface area (Å²) >= 11 is 0. The lowest BCUT2D eigenvalue weighted by atomic mass is 10.1. The predicted octanol–water partition coefficient (Wildman–Crippen LogP) is 3.54. The van der Waals surface area contributed by atoms with E-state index in [1.165, 1.54) is 6.42 Å². The smallest absolute Gasteiger partial charge is 0.267 e. The largest absolute Gasteiger partial charge is 0.383 e. The van der Waals surface area contributed by atoms with Crippen molar-refractivity contribution in [2.24, 2.45) is 0 Å². The van der Waals surface area contributed by atoms with E-state index in [2.05, 4.69) is 14.9 Å². The molecule has 2 heterocycles. The molecule has 0 saturated carbocycles. The Morgan fingerprint density at radius 1 is 0.800 bits per heavy atom. The molecule has 4 rings (SSSR count). The molecule has 0 unspecified atom stereocenters. The molecule has 152 valence electrons. The van der Waals surface area contributed by atoms with Crippen molar-refractivity contribution in [2.45, 2.75) is 19.3 Å². The van der Waals surface area contributed by atoms with Gasteiger partial charge in [-0.05, 0) is 43.5 Å². The molecular formula is C23H23N5O2. The molecule has 7 nitrogen and oxygen atoms in total. The fourth-order valence-corrected chi connectivity index (χ4v) is 3.52. The van der Waals surface area contributed by atoms with Gasteiger partial charge in [-0.25, -0.2) is 4.90 Å². The minimum Gasteiger partial charge on any atom is -0.383 e. The molecule has 7 heteroatoms. The summed E-state index contributed by atoms with van der Waals surface area (Å²) in [7, 11) is 0. The Labute approximate surface area is 175 Å². The number of imide groups is 1. The van der Waals surface area contributed by atoms with E-state index in [0.717, 1.165) is 30.8 Å². The third-order valence-electron chi connectivity index (χ3n) is 5.05. The number of carbonyl (C=O) groups is 2. The molecule has 2 N–H and O–H groups in total. The van der Waals surface area contributed by atoms with E-state index in [1.54, 1.807) is 54.6 Å². The summed E-state index contributed by atoms with van der Waals surface area (Å²) < 4.78 is 0. The van der Waals surface area contributed by atoms with Gasteiger partial charge in [0, 0.05) is 30.3 Å². The van der Waals surface area contributed by atoms with Gasteiger partial charge in [0.25, 0.3) is 11.8 Å². The van der Waals surface area contributed by atoms with Gasteiger partial charge in [-0.3, -0.25) is 9.59 Å². The van der Waals surface area contributed by atoms with Gasteiger partial charge in [-0.15, -0.1) is 0 Å². The lowest BCUT2D eigenvalue weighted by Gasteiger charge is -2.28. The summed E-state index contributed by atoms with van der Waals surface area (Å²) in [6.07, 6.45) is 3.30. The Morgan fingerprint density at radius 3 is 1.87 bits per heavy atom. The van der Waals surface area contributed by atoms with Gasteiger partial charge < -0.3 is 10.6 Å². The van der Waals surface area contributed by atoms with Crippen molar-refractivity contribution in [3.05, 3.63) is 77.9 Å². The number of rotatable bonds is 4. The van der Waals surface area contributed by atoms with Crippen LogP contribution in [0.2, 0.25) is 0 Å². The average molecular weight is 401 g/mol. The molecule has 1 saturated heterocycles. The SMILES string of the molecule is Nc1cc(N2CCCCC2)nc(N(C(=O)c2ccccc2)C(=O)c2ccccc2)n1. The lowest BCUT2D eigenvalue weighted by Crippen LogP contribution is -2.39. The molecule has 0 atom stereocenters. The third-order valence-corrected chi connectivity index (χ3v) is 5.05. The maximum Gasteiger partial charge on any atom is 0.267 e. The van der Waals surface area contributed by atoms with Crippen LogP contribution >= 0.6 is 0 Å². The Morgan fingerprint density at radius 2 is 1.33 bits per heavy atom. The van der Waals surface area contributed by atoms with Crippen LogP contribution in [-0.4, -0.2) is 34.9 Å². The highest BCUT2D eigenvalue weighted by molar-refractivity contribution is 6.25. The molecule has 1 aliphatic heterocycles. The summed E-state index contributed by atoms with van der Waals surface area (Å²) in [6.45, 7) is 1.71. The predicted molar refractivity (Wildman–Crippen MR) is 117 cm³/mol. The highest BCUT2D eigenvalue weighted by Crippen LogP contribution is 2.24. The highest BCUT2D eigenvalue weighted by Gasteiger charge is 2.29. The Hall–Kier alpha value is -3.74. The fraction of sp³-hybridized carbons (Fsp3) is 0.217. The Kier molecular flexibility index (Phi) is 5.70. The molecule has 2 amide bonds. The quantitative estimate of drug-likeness (QED) is 0.672. The summed E-state index contributed by atoms with van der Waals surface area (Å²) in [5, 5.41) is 0. The Balaban J connectivity index is 1.78. The van der Waals surface area contributed by atoms with Crippen LogP contribution in [0.3, 0.4) is 0 Å². The molecule has 3 aromatic rings. The number of hydrogen-bond donors (Lipinski definition) is 1. The van der Waals surface area contributed by atoms with E-state index in [0.29, 0.717) is 16.9 Å². The van der Waals surface area contributed by atoms with E-state index in [-0.39, 0.29) is 11.8 Å². The van der Waals surface area contributed by atoms with Crippen LogP contribution in [0.25, 0.3) is 0 Å². The van der Waals surface area contributed by atoms with Crippen LogP contribution in [-0.2, 0) is 0 Å². The fourth-order valence-electron chi connectivity index (χ4n) is 3.52. The topological polar surface area (TPSA) is 92.4 Å². The minimum atomic E-state index is -0.500. The zero-order valence-electron chi connectivity index (χ0n) is 16.6. The second-order valence-corrected chi connectivity index (χ2v) is 7.18. The number of piperidine rings is 1. The van der Waals surface area contributed by atoms with Crippen molar-refractivity contribution < 1.29 is 9.59 Å². The normalized spacial score (nSPS) is 13.7. The molecule has 1 aromatic heterocycles. The van der Waals surface area contributed by atoms with Gasteiger partial charge in [0.2, 0.25) is 5.95 Å². The molecular weight excluding hydrogens is 378 g/mol. The van der Waals surface area contributed by atoms with Crippen LogP contribution in [0, 0.1) is 0 Å².